The number of rotatable bonds is 6. The SMILES string of the molecule is COc1ccc(CNC(C)c2cccc(Cl)c2)cc1OC. The Hall–Kier alpha value is -1.71. The van der Waals surface area contributed by atoms with Crippen molar-refractivity contribution in [2.45, 2.75) is 19.5 Å². The van der Waals surface area contributed by atoms with E-state index >= 15 is 0 Å². The maximum atomic E-state index is 6.02. The maximum Gasteiger partial charge on any atom is 0.161 e. The predicted molar refractivity (Wildman–Crippen MR) is 86.3 cm³/mol. The van der Waals surface area contributed by atoms with Crippen LogP contribution in [0.4, 0.5) is 0 Å². The molecule has 0 saturated heterocycles. The quantitative estimate of drug-likeness (QED) is 0.867. The molecular weight excluding hydrogens is 286 g/mol. The van der Waals surface area contributed by atoms with E-state index in [9.17, 15) is 0 Å². The van der Waals surface area contributed by atoms with Gasteiger partial charge in [-0.25, -0.2) is 0 Å². The van der Waals surface area contributed by atoms with Crippen molar-refractivity contribution in [2.24, 2.45) is 0 Å². The van der Waals surface area contributed by atoms with Crippen molar-refractivity contribution >= 4 is 11.6 Å². The summed E-state index contributed by atoms with van der Waals surface area (Å²) in [4.78, 5) is 0. The van der Waals surface area contributed by atoms with Crippen molar-refractivity contribution in [3.63, 3.8) is 0 Å². The first-order chi connectivity index (χ1) is 10.1. The number of nitrogens with one attached hydrogen (secondary N) is 1. The van der Waals surface area contributed by atoms with Crippen LogP contribution in [0.2, 0.25) is 5.02 Å². The minimum Gasteiger partial charge on any atom is -0.493 e. The molecule has 21 heavy (non-hydrogen) atoms. The van der Waals surface area contributed by atoms with Gasteiger partial charge in [0, 0.05) is 17.6 Å². The van der Waals surface area contributed by atoms with E-state index in [1.165, 1.54) is 5.56 Å². The van der Waals surface area contributed by atoms with Gasteiger partial charge < -0.3 is 14.8 Å². The summed E-state index contributed by atoms with van der Waals surface area (Å²) >= 11 is 6.02. The summed E-state index contributed by atoms with van der Waals surface area (Å²) in [7, 11) is 3.28. The highest BCUT2D eigenvalue weighted by Gasteiger charge is 2.08. The van der Waals surface area contributed by atoms with E-state index in [4.69, 9.17) is 21.1 Å². The molecule has 0 heterocycles. The number of halogens is 1. The first-order valence-corrected chi connectivity index (χ1v) is 7.21. The lowest BCUT2D eigenvalue weighted by atomic mass is 10.1. The molecule has 0 fully saturated rings. The number of methoxy groups -OCH3 is 2. The van der Waals surface area contributed by atoms with Crippen LogP contribution in [0.3, 0.4) is 0 Å². The topological polar surface area (TPSA) is 30.5 Å². The first kappa shape index (κ1) is 15.7. The van der Waals surface area contributed by atoms with Crippen LogP contribution < -0.4 is 14.8 Å². The van der Waals surface area contributed by atoms with Crippen LogP contribution in [0.5, 0.6) is 11.5 Å². The van der Waals surface area contributed by atoms with Crippen molar-refractivity contribution in [1.82, 2.24) is 5.32 Å². The number of ether oxygens (including phenoxy) is 2. The molecule has 0 spiro atoms. The normalized spacial score (nSPS) is 12.0. The van der Waals surface area contributed by atoms with Crippen LogP contribution in [-0.2, 0) is 6.54 Å². The molecule has 112 valence electrons. The van der Waals surface area contributed by atoms with Crippen molar-refractivity contribution in [3.05, 3.63) is 58.6 Å². The Balaban J connectivity index is 2.02. The van der Waals surface area contributed by atoms with Crippen LogP contribution in [-0.4, -0.2) is 14.2 Å². The first-order valence-electron chi connectivity index (χ1n) is 6.83. The smallest absolute Gasteiger partial charge is 0.161 e. The molecule has 4 heteroatoms. The van der Waals surface area contributed by atoms with E-state index in [2.05, 4.69) is 18.3 Å². The summed E-state index contributed by atoms with van der Waals surface area (Å²) < 4.78 is 10.6. The molecule has 2 aromatic rings. The van der Waals surface area contributed by atoms with Gasteiger partial charge in [0.1, 0.15) is 0 Å². The van der Waals surface area contributed by atoms with Crippen LogP contribution in [0.15, 0.2) is 42.5 Å². The Bertz CT molecular complexity index is 601. The van der Waals surface area contributed by atoms with Crippen molar-refractivity contribution in [1.29, 1.82) is 0 Å². The Morgan fingerprint density at radius 1 is 1.05 bits per heavy atom. The summed E-state index contributed by atoms with van der Waals surface area (Å²) in [5.74, 6) is 1.48. The van der Waals surface area contributed by atoms with E-state index in [1.807, 2.05) is 36.4 Å². The molecule has 0 aliphatic rings. The van der Waals surface area contributed by atoms with Gasteiger partial charge in [0.05, 0.1) is 14.2 Å². The van der Waals surface area contributed by atoms with Gasteiger partial charge in [0.25, 0.3) is 0 Å². The third-order valence-electron chi connectivity index (χ3n) is 3.41. The molecule has 1 unspecified atom stereocenters. The van der Waals surface area contributed by atoms with Gasteiger partial charge >= 0.3 is 0 Å². The van der Waals surface area contributed by atoms with Crippen molar-refractivity contribution in [3.8, 4) is 11.5 Å². The van der Waals surface area contributed by atoms with E-state index < -0.39 is 0 Å². The summed E-state index contributed by atoms with van der Waals surface area (Å²) in [6, 6.07) is 14.0. The molecule has 0 aliphatic carbocycles. The molecule has 1 N–H and O–H groups in total. The van der Waals surface area contributed by atoms with E-state index in [-0.39, 0.29) is 6.04 Å². The summed E-state index contributed by atoms with van der Waals surface area (Å²) in [6.07, 6.45) is 0. The van der Waals surface area contributed by atoms with Crippen LogP contribution in [0, 0.1) is 0 Å². The Morgan fingerprint density at radius 3 is 2.48 bits per heavy atom. The Kier molecular flexibility index (Phi) is 5.48. The number of hydrogen-bond acceptors (Lipinski definition) is 3. The lowest BCUT2D eigenvalue weighted by molar-refractivity contribution is 0.354. The van der Waals surface area contributed by atoms with Crippen LogP contribution >= 0.6 is 11.6 Å². The average Bonchev–Trinajstić information content (AvgIpc) is 2.52. The minimum absolute atomic E-state index is 0.219. The number of benzene rings is 2. The second-order valence-corrected chi connectivity index (χ2v) is 5.28. The fraction of sp³-hybridized carbons (Fsp3) is 0.294. The number of hydrogen-bond donors (Lipinski definition) is 1. The van der Waals surface area contributed by atoms with Crippen molar-refractivity contribution < 1.29 is 9.47 Å². The lowest BCUT2D eigenvalue weighted by Crippen LogP contribution is -2.18. The highest BCUT2D eigenvalue weighted by Crippen LogP contribution is 2.27. The summed E-state index contributed by atoms with van der Waals surface area (Å²) in [6.45, 7) is 2.86. The minimum atomic E-state index is 0.219. The van der Waals surface area contributed by atoms with E-state index in [0.29, 0.717) is 0 Å². The molecular formula is C17H20ClNO2. The zero-order chi connectivity index (χ0) is 15.2. The molecule has 0 aliphatic heterocycles. The van der Waals surface area contributed by atoms with Gasteiger partial charge in [0.15, 0.2) is 11.5 Å². The van der Waals surface area contributed by atoms with Gasteiger partial charge in [-0.05, 0) is 42.3 Å². The molecule has 0 bridgehead atoms. The molecule has 2 rings (SSSR count). The Labute approximate surface area is 130 Å². The summed E-state index contributed by atoms with van der Waals surface area (Å²) in [5, 5.41) is 4.23. The lowest BCUT2D eigenvalue weighted by Gasteiger charge is -2.15. The van der Waals surface area contributed by atoms with Gasteiger partial charge in [-0.1, -0.05) is 29.8 Å². The van der Waals surface area contributed by atoms with Crippen LogP contribution in [0.25, 0.3) is 0 Å². The standard InChI is InChI=1S/C17H20ClNO2/c1-12(14-5-4-6-15(18)10-14)19-11-13-7-8-16(20-2)17(9-13)21-3/h4-10,12,19H,11H2,1-3H3. The van der Waals surface area contributed by atoms with Crippen LogP contribution in [0.1, 0.15) is 24.1 Å². The zero-order valence-corrected chi connectivity index (χ0v) is 13.3. The Morgan fingerprint density at radius 2 is 1.81 bits per heavy atom. The fourth-order valence-electron chi connectivity index (χ4n) is 2.16. The van der Waals surface area contributed by atoms with Crippen molar-refractivity contribution in [2.75, 3.05) is 14.2 Å². The molecule has 1 atom stereocenters. The monoisotopic (exact) mass is 305 g/mol. The molecule has 3 nitrogen and oxygen atoms in total. The average molecular weight is 306 g/mol. The van der Waals surface area contributed by atoms with Gasteiger partial charge in [-0.2, -0.15) is 0 Å². The third-order valence-corrected chi connectivity index (χ3v) is 3.64. The van der Waals surface area contributed by atoms with E-state index in [1.54, 1.807) is 14.2 Å². The zero-order valence-electron chi connectivity index (χ0n) is 12.5. The molecule has 0 amide bonds. The van der Waals surface area contributed by atoms with E-state index in [0.717, 1.165) is 28.6 Å². The largest absolute Gasteiger partial charge is 0.493 e. The fourth-order valence-corrected chi connectivity index (χ4v) is 2.35. The molecule has 2 aromatic carbocycles. The summed E-state index contributed by atoms with van der Waals surface area (Å²) in [5.41, 5.74) is 2.31. The van der Waals surface area contributed by atoms with Gasteiger partial charge in [-0.15, -0.1) is 0 Å². The molecule has 0 radical (unpaired) electrons. The molecule has 0 saturated carbocycles. The van der Waals surface area contributed by atoms with Gasteiger partial charge in [0.2, 0.25) is 0 Å². The maximum absolute atomic E-state index is 6.02. The highest BCUT2D eigenvalue weighted by molar-refractivity contribution is 6.30. The second-order valence-electron chi connectivity index (χ2n) is 4.85. The third kappa shape index (κ3) is 4.13. The highest BCUT2D eigenvalue weighted by atomic mass is 35.5. The predicted octanol–water partition coefficient (Wildman–Crippen LogP) is 4.21. The second kappa shape index (κ2) is 7.34. The van der Waals surface area contributed by atoms with Gasteiger partial charge in [-0.3, -0.25) is 0 Å². The molecule has 0 aromatic heterocycles.